The summed E-state index contributed by atoms with van der Waals surface area (Å²) in [5.41, 5.74) is 0. The minimum absolute atomic E-state index is 0.191. The number of aliphatic hydroxyl groups excluding tert-OH is 1. The molecule has 1 N–H and O–H groups in total. The van der Waals surface area contributed by atoms with Gasteiger partial charge in [-0.3, -0.25) is 4.90 Å². The molecule has 2 aliphatic rings. The SMILES string of the molecule is CCCN(CCC)C1CC2(CCC1O)OCCO2. The van der Waals surface area contributed by atoms with Gasteiger partial charge in [0, 0.05) is 18.9 Å². The standard InChI is InChI=1S/C14H27NO3/c1-3-7-15(8-4-2)12-11-14(6-5-13(12)16)17-9-10-18-14/h12-13,16H,3-11H2,1-2H3. The summed E-state index contributed by atoms with van der Waals surface area (Å²) in [6.07, 6.45) is 4.44. The van der Waals surface area contributed by atoms with E-state index in [1.165, 1.54) is 0 Å². The summed E-state index contributed by atoms with van der Waals surface area (Å²) in [6, 6.07) is 0.191. The molecule has 1 aliphatic carbocycles. The van der Waals surface area contributed by atoms with Gasteiger partial charge in [0.05, 0.1) is 19.3 Å². The van der Waals surface area contributed by atoms with Gasteiger partial charge in [-0.25, -0.2) is 0 Å². The molecule has 0 amide bonds. The van der Waals surface area contributed by atoms with E-state index in [2.05, 4.69) is 18.7 Å². The van der Waals surface area contributed by atoms with E-state index in [1.54, 1.807) is 0 Å². The second-order valence-electron chi connectivity index (χ2n) is 5.52. The van der Waals surface area contributed by atoms with E-state index in [4.69, 9.17) is 9.47 Å². The topological polar surface area (TPSA) is 41.9 Å². The number of nitrogens with zero attached hydrogens (tertiary/aromatic N) is 1. The molecule has 1 heterocycles. The van der Waals surface area contributed by atoms with E-state index in [0.717, 1.165) is 45.2 Å². The molecule has 2 rings (SSSR count). The molecule has 1 saturated carbocycles. The molecule has 2 unspecified atom stereocenters. The third kappa shape index (κ3) is 3.05. The van der Waals surface area contributed by atoms with Crippen molar-refractivity contribution in [2.24, 2.45) is 0 Å². The number of hydrogen-bond acceptors (Lipinski definition) is 4. The first-order chi connectivity index (χ1) is 8.71. The molecule has 106 valence electrons. The van der Waals surface area contributed by atoms with Gasteiger partial charge in [-0.05, 0) is 32.4 Å². The van der Waals surface area contributed by atoms with E-state index >= 15 is 0 Å². The van der Waals surface area contributed by atoms with Gasteiger partial charge in [-0.15, -0.1) is 0 Å². The molecule has 2 fully saturated rings. The average Bonchev–Trinajstić information content (AvgIpc) is 2.81. The minimum atomic E-state index is -0.399. The first-order valence-electron chi connectivity index (χ1n) is 7.41. The molecule has 2 atom stereocenters. The molecule has 0 aromatic heterocycles. The molecule has 0 radical (unpaired) electrons. The van der Waals surface area contributed by atoms with E-state index < -0.39 is 5.79 Å². The van der Waals surface area contributed by atoms with Crippen LogP contribution in [0.3, 0.4) is 0 Å². The van der Waals surface area contributed by atoms with Crippen molar-refractivity contribution in [2.75, 3.05) is 26.3 Å². The van der Waals surface area contributed by atoms with Crippen LogP contribution in [0.5, 0.6) is 0 Å². The van der Waals surface area contributed by atoms with Crippen LogP contribution in [0.1, 0.15) is 46.0 Å². The van der Waals surface area contributed by atoms with Gasteiger partial charge in [0.1, 0.15) is 0 Å². The quantitative estimate of drug-likeness (QED) is 0.815. The number of aliphatic hydroxyl groups is 1. The Morgan fingerprint density at radius 1 is 1.17 bits per heavy atom. The maximum absolute atomic E-state index is 10.3. The zero-order valence-corrected chi connectivity index (χ0v) is 11.7. The molecule has 0 bridgehead atoms. The summed E-state index contributed by atoms with van der Waals surface area (Å²) in [6.45, 7) is 7.87. The summed E-state index contributed by atoms with van der Waals surface area (Å²) in [7, 11) is 0. The highest BCUT2D eigenvalue weighted by atomic mass is 16.7. The van der Waals surface area contributed by atoms with Gasteiger partial charge in [-0.1, -0.05) is 13.8 Å². The van der Waals surface area contributed by atoms with E-state index in [1.807, 2.05) is 0 Å². The van der Waals surface area contributed by atoms with E-state index in [9.17, 15) is 5.11 Å². The maximum atomic E-state index is 10.3. The van der Waals surface area contributed by atoms with Crippen LogP contribution >= 0.6 is 0 Å². The fourth-order valence-electron chi connectivity index (χ4n) is 3.27. The average molecular weight is 257 g/mol. The predicted octanol–water partition coefficient (Wildman–Crippen LogP) is 1.76. The van der Waals surface area contributed by atoms with Crippen molar-refractivity contribution in [3.8, 4) is 0 Å². The zero-order chi connectivity index (χ0) is 13.0. The van der Waals surface area contributed by atoms with Crippen molar-refractivity contribution in [3.05, 3.63) is 0 Å². The lowest BCUT2D eigenvalue weighted by Gasteiger charge is -2.44. The zero-order valence-electron chi connectivity index (χ0n) is 11.7. The van der Waals surface area contributed by atoms with Crippen molar-refractivity contribution in [3.63, 3.8) is 0 Å². The Hall–Kier alpha value is -0.160. The first-order valence-corrected chi connectivity index (χ1v) is 7.41. The van der Waals surface area contributed by atoms with Crippen LogP contribution in [-0.4, -0.2) is 54.2 Å². The van der Waals surface area contributed by atoms with Gasteiger partial charge in [-0.2, -0.15) is 0 Å². The molecule has 4 heteroatoms. The molecule has 18 heavy (non-hydrogen) atoms. The number of ether oxygens (including phenoxy) is 2. The lowest BCUT2D eigenvalue weighted by molar-refractivity contribution is -0.205. The van der Waals surface area contributed by atoms with Crippen LogP contribution in [0.15, 0.2) is 0 Å². The van der Waals surface area contributed by atoms with Gasteiger partial charge in [0.2, 0.25) is 0 Å². The van der Waals surface area contributed by atoms with Crippen LogP contribution < -0.4 is 0 Å². The smallest absolute Gasteiger partial charge is 0.170 e. The highest BCUT2D eigenvalue weighted by Gasteiger charge is 2.46. The van der Waals surface area contributed by atoms with Gasteiger partial charge in [0.25, 0.3) is 0 Å². The van der Waals surface area contributed by atoms with Gasteiger partial charge < -0.3 is 14.6 Å². The van der Waals surface area contributed by atoms with E-state index in [0.29, 0.717) is 13.2 Å². The summed E-state index contributed by atoms with van der Waals surface area (Å²) in [4.78, 5) is 2.41. The molecule has 0 aromatic rings. The lowest BCUT2D eigenvalue weighted by atomic mass is 9.86. The Balaban J connectivity index is 2.02. The Labute approximate surface area is 110 Å². The molecule has 1 spiro atoms. The van der Waals surface area contributed by atoms with Crippen LogP contribution in [-0.2, 0) is 9.47 Å². The molecule has 1 saturated heterocycles. The minimum Gasteiger partial charge on any atom is -0.391 e. The van der Waals surface area contributed by atoms with Crippen LogP contribution in [0.4, 0.5) is 0 Å². The maximum Gasteiger partial charge on any atom is 0.170 e. The highest BCUT2D eigenvalue weighted by molar-refractivity contribution is 4.93. The second kappa shape index (κ2) is 6.33. The Kier molecular flexibility index (Phi) is 5.01. The summed E-state index contributed by atoms with van der Waals surface area (Å²) in [5, 5.41) is 10.3. The monoisotopic (exact) mass is 257 g/mol. The van der Waals surface area contributed by atoms with Crippen LogP contribution in [0.25, 0.3) is 0 Å². The highest BCUT2D eigenvalue weighted by Crippen LogP contribution is 2.37. The number of rotatable bonds is 5. The third-order valence-corrected chi connectivity index (χ3v) is 4.09. The van der Waals surface area contributed by atoms with Crippen LogP contribution in [0.2, 0.25) is 0 Å². The lowest BCUT2D eigenvalue weighted by Crippen LogP contribution is -2.53. The Morgan fingerprint density at radius 2 is 1.78 bits per heavy atom. The normalized spacial score (nSPS) is 31.3. The Bertz CT molecular complexity index is 247. The summed E-state index contributed by atoms with van der Waals surface area (Å²) < 4.78 is 11.6. The van der Waals surface area contributed by atoms with E-state index in [-0.39, 0.29) is 12.1 Å². The molecular formula is C14H27NO3. The molecule has 4 nitrogen and oxygen atoms in total. The van der Waals surface area contributed by atoms with Gasteiger partial charge in [0.15, 0.2) is 5.79 Å². The van der Waals surface area contributed by atoms with Crippen molar-refractivity contribution in [1.29, 1.82) is 0 Å². The van der Waals surface area contributed by atoms with Crippen molar-refractivity contribution < 1.29 is 14.6 Å². The largest absolute Gasteiger partial charge is 0.391 e. The van der Waals surface area contributed by atoms with Crippen molar-refractivity contribution >= 4 is 0 Å². The first kappa shape index (κ1) is 14.3. The second-order valence-corrected chi connectivity index (χ2v) is 5.52. The number of hydrogen-bond donors (Lipinski definition) is 1. The summed E-state index contributed by atoms with van der Waals surface area (Å²) >= 11 is 0. The molecule has 1 aliphatic heterocycles. The fourth-order valence-corrected chi connectivity index (χ4v) is 3.27. The predicted molar refractivity (Wildman–Crippen MR) is 70.4 cm³/mol. The molecule has 0 aromatic carbocycles. The van der Waals surface area contributed by atoms with Crippen LogP contribution in [0, 0.1) is 0 Å². The van der Waals surface area contributed by atoms with Crippen molar-refractivity contribution in [1.82, 2.24) is 4.90 Å². The van der Waals surface area contributed by atoms with Crippen molar-refractivity contribution in [2.45, 2.75) is 63.9 Å². The third-order valence-electron chi connectivity index (χ3n) is 4.09. The fraction of sp³-hybridized carbons (Fsp3) is 1.00. The summed E-state index contributed by atoms with van der Waals surface area (Å²) in [5.74, 6) is -0.399. The molecular weight excluding hydrogens is 230 g/mol. The van der Waals surface area contributed by atoms with Gasteiger partial charge >= 0.3 is 0 Å². The Morgan fingerprint density at radius 3 is 2.33 bits per heavy atom.